The molecule has 90 valence electrons. The van der Waals surface area contributed by atoms with Gasteiger partial charge < -0.3 is 4.74 Å². The lowest BCUT2D eigenvalue weighted by Gasteiger charge is -2.20. The van der Waals surface area contributed by atoms with Gasteiger partial charge in [-0.15, -0.1) is 13.2 Å². The molecule has 5 heteroatoms. The zero-order valence-corrected chi connectivity index (χ0v) is 9.04. The largest absolute Gasteiger partial charge is 0.460 e. The van der Waals surface area contributed by atoms with Gasteiger partial charge in [-0.05, 0) is 13.3 Å². The van der Waals surface area contributed by atoms with E-state index in [9.17, 15) is 18.4 Å². The summed E-state index contributed by atoms with van der Waals surface area (Å²) in [5, 5.41) is 0. The maximum Gasteiger partial charge on any atom is 0.381 e. The minimum absolute atomic E-state index is 0.124. The van der Waals surface area contributed by atoms with Crippen LogP contribution in [0.1, 0.15) is 13.3 Å². The first kappa shape index (κ1) is 14.5. The molecule has 1 atom stereocenters. The SMILES string of the molecule is C=CCC(C=C)C(F)(F)C(=O)C(=O)OCC. The predicted octanol–water partition coefficient (Wildman–Crippen LogP) is 2.13. The third-order valence-corrected chi connectivity index (χ3v) is 1.93. The molecule has 16 heavy (non-hydrogen) atoms. The molecule has 0 aromatic carbocycles. The summed E-state index contributed by atoms with van der Waals surface area (Å²) in [6.45, 7) is 7.80. The summed E-state index contributed by atoms with van der Waals surface area (Å²) in [6, 6.07) is 0. The Balaban J connectivity index is 4.86. The molecule has 0 saturated heterocycles. The molecule has 3 nitrogen and oxygen atoms in total. The van der Waals surface area contributed by atoms with Crippen molar-refractivity contribution in [2.24, 2.45) is 5.92 Å². The van der Waals surface area contributed by atoms with E-state index in [-0.39, 0.29) is 13.0 Å². The number of rotatable bonds is 7. The van der Waals surface area contributed by atoms with Crippen LogP contribution in [0.2, 0.25) is 0 Å². The first-order chi connectivity index (χ1) is 7.41. The molecule has 0 aromatic heterocycles. The van der Waals surface area contributed by atoms with Crippen LogP contribution in [-0.4, -0.2) is 24.3 Å². The van der Waals surface area contributed by atoms with Crippen LogP contribution in [-0.2, 0) is 14.3 Å². The van der Waals surface area contributed by atoms with E-state index in [0.717, 1.165) is 6.08 Å². The lowest BCUT2D eigenvalue weighted by molar-refractivity contribution is -0.168. The van der Waals surface area contributed by atoms with Gasteiger partial charge in [-0.1, -0.05) is 12.2 Å². The van der Waals surface area contributed by atoms with Crippen LogP contribution in [0.5, 0.6) is 0 Å². The highest BCUT2D eigenvalue weighted by Gasteiger charge is 2.49. The summed E-state index contributed by atoms with van der Waals surface area (Å²) in [7, 11) is 0. The zero-order valence-electron chi connectivity index (χ0n) is 9.04. The number of ether oxygens (including phenoxy) is 1. The van der Waals surface area contributed by atoms with Gasteiger partial charge >= 0.3 is 17.7 Å². The molecule has 0 fully saturated rings. The number of hydrogen-bond acceptors (Lipinski definition) is 3. The zero-order chi connectivity index (χ0) is 12.8. The highest BCUT2D eigenvalue weighted by atomic mass is 19.3. The molecule has 0 radical (unpaired) electrons. The Morgan fingerprint density at radius 1 is 1.44 bits per heavy atom. The molecule has 0 aliphatic rings. The average molecular weight is 232 g/mol. The maximum atomic E-state index is 13.5. The first-order valence-electron chi connectivity index (χ1n) is 4.74. The monoisotopic (exact) mass is 232 g/mol. The molecule has 0 spiro atoms. The van der Waals surface area contributed by atoms with Crippen LogP contribution in [0, 0.1) is 5.92 Å². The highest BCUT2D eigenvalue weighted by Crippen LogP contribution is 2.30. The molecule has 0 rings (SSSR count). The third kappa shape index (κ3) is 3.25. The summed E-state index contributed by atoms with van der Waals surface area (Å²) in [4.78, 5) is 22.0. The van der Waals surface area contributed by atoms with Crippen molar-refractivity contribution in [1.82, 2.24) is 0 Å². The van der Waals surface area contributed by atoms with E-state index in [0.29, 0.717) is 0 Å². The number of alkyl halides is 2. The number of halogens is 2. The quantitative estimate of drug-likeness (QED) is 0.383. The minimum atomic E-state index is -3.80. The second kappa shape index (κ2) is 6.15. The molecule has 0 bridgehead atoms. The smallest absolute Gasteiger partial charge is 0.381 e. The summed E-state index contributed by atoms with van der Waals surface area (Å²) < 4.78 is 31.2. The van der Waals surface area contributed by atoms with Crippen LogP contribution < -0.4 is 0 Å². The third-order valence-electron chi connectivity index (χ3n) is 1.93. The van der Waals surface area contributed by atoms with E-state index in [2.05, 4.69) is 17.9 Å². The molecule has 0 saturated carbocycles. The second-order valence-electron chi connectivity index (χ2n) is 3.04. The van der Waals surface area contributed by atoms with Gasteiger partial charge in [0.05, 0.1) is 12.5 Å². The van der Waals surface area contributed by atoms with Gasteiger partial charge in [0.25, 0.3) is 0 Å². The fourth-order valence-electron chi connectivity index (χ4n) is 1.07. The van der Waals surface area contributed by atoms with Crippen molar-refractivity contribution >= 4 is 11.8 Å². The van der Waals surface area contributed by atoms with Gasteiger partial charge in [0.15, 0.2) is 0 Å². The molecule has 0 aliphatic heterocycles. The summed E-state index contributed by atoms with van der Waals surface area (Å²) >= 11 is 0. The number of allylic oxidation sites excluding steroid dienone is 2. The summed E-state index contributed by atoms with van der Waals surface area (Å²) in [5.41, 5.74) is 0. The minimum Gasteiger partial charge on any atom is -0.460 e. The van der Waals surface area contributed by atoms with Crippen molar-refractivity contribution in [3.63, 3.8) is 0 Å². The molecule has 1 unspecified atom stereocenters. The molecule has 0 amide bonds. The van der Waals surface area contributed by atoms with Gasteiger partial charge in [-0.25, -0.2) is 4.79 Å². The normalized spacial score (nSPS) is 12.7. The van der Waals surface area contributed by atoms with Crippen LogP contribution in [0.4, 0.5) is 8.78 Å². The topological polar surface area (TPSA) is 43.4 Å². The van der Waals surface area contributed by atoms with E-state index in [4.69, 9.17) is 0 Å². The van der Waals surface area contributed by atoms with Crippen molar-refractivity contribution < 1.29 is 23.1 Å². The number of carbonyl (C=O) groups is 2. The molecule has 0 aliphatic carbocycles. The Morgan fingerprint density at radius 3 is 2.38 bits per heavy atom. The summed E-state index contributed by atoms with van der Waals surface area (Å²) in [6.07, 6.45) is 2.03. The van der Waals surface area contributed by atoms with Crippen LogP contribution in [0.15, 0.2) is 25.3 Å². The van der Waals surface area contributed by atoms with Crippen LogP contribution in [0.25, 0.3) is 0 Å². The Kier molecular flexibility index (Phi) is 5.56. The predicted molar refractivity (Wildman–Crippen MR) is 55.1 cm³/mol. The van der Waals surface area contributed by atoms with Crippen molar-refractivity contribution in [2.75, 3.05) is 6.61 Å². The Bertz CT molecular complexity index is 298. The van der Waals surface area contributed by atoms with E-state index in [1.54, 1.807) is 0 Å². The Morgan fingerprint density at radius 2 is 2.00 bits per heavy atom. The lowest BCUT2D eigenvalue weighted by Crippen LogP contribution is -2.41. The van der Waals surface area contributed by atoms with Gasteiger partial charge in [0, 0.05) is 0 Å². The Hall–Kier alpha value is -1.52. The maximum absolute atomic E-state index is 13.5. The number of hydrogen-bond donors (Lipinski definition) is 0. The lowest BCUT2D eigenvalue weighted by atomic mass is 9.94. The fourth-order valence-corrected chi connectivity index (χ4v) is 1.07. The van der Waals surface area contributed by atoms with Crippen molar-refractivity contribution in [1.29, 1.82) is 0 Å². The van der Waals surface area contributed by atoms with E-state index < -0.39 is 23.6 Å². The first-order valence-corrected chi connectivity index (χ1v) is 4.74. The molecule has 0 aromatic rings. The standard InChI is InChI=1S/C11H14F2O3/c1-4-7-8(5-2)11(12,13)9(14)10(15)16-6-3/h4-5,8H,1-2,6-7H2,3H3. The van der Waals surface area contributed by atoms with Gasteiger partial charge in [0.2, 0.25) is 0 Å². The van der Waals surface area contributed by atoms with Gasteiger partial charge in [0.1, 0.15) is 0 Å². The molecular formula is C11H14F2O3. The summed E-state index contributed by atoms with van der Waals surface area (Å²) in [5.74, 6) is -8.62. The number of ketones is 1. The van der Waals surface area contributed by atoms with E-state index in [1.807, 2.05) is 0 Å². The number of carbonyl (C=O) groups excluding carboxylic acids is 2. The van der Waals surface area contributed by atoms with E-state index >= 15 is 0 Å². The molecule has 0 N–H and O–H groups in total. The number of esters is 1. The van der Waals surface area contributed by atoms with E-state index in [1.165, 1.54) is 13.0 Å². The second-order valence-corrected chi connectivity index (χ2v) is 3.04. The Labute approximate surface area is 92.8 Å². The highest BCUT2D eigenvalue weighted by molar-refractivity contribution is 6.36. The van der Waals surface area contributed by atoms with Crippen molar-refractivity contribution in [3.8, 4) is 0 Å². The van der Waals surface area contributed by atoms with Crippen molar-refractivity contribution in [2.45, 2.75) is 19.3 Å². The van der Waals surface area contributed by atoms with Crippen molar-refractivity contribution in [3.05, 3.63) is 25.3 Å². The number of Topliss-reactive ketones (excluding diaryl/α,β-unsaturated/α-hetero) is 1. The fraction of sp³-hybridized carbons (Fsp3) is 0.455. The molecular weight excluding hydrogens is 218 g/mol. The van der Waals surface area contributed by atoms with Gasteiger partial charge in [-0.3, -0.25) is 4.79 Å². The van der Waals surface area contributed by atoms with Crippen LogP contribution >= 0.6 is 0 Å². The molecule has 0 heterocycles. The van der Waals surface area contributed by atoms with Gasteiger partial charge in [-0.2, -0.15) is 8.78 Å². The van der Waals surface area contributed by atoms with Crippen LogP contribution in [0.3, 0.4) is 0 Å². The average Bonchev–Trinajstić information content (AvgIpc) is 2.24.